The molecule has 1 aromatic heterocycles. The van der Waals surface area contributed by atoms with Crippen LogP contribution in [0, 0.1) is 0 Å². The zero-order valence-corrected chi connectivity index (χ0v) is 17.0. The highest BCUT2D eigenvalue weighted by atomic mass is 19.3. The smallest absolute Gasteiger partial charge is 0.387 e. The van der Waals surface area contributed by atoms with Crippen molar-refractivity contribution in [3.63, 3.8) is 0 Å². The molecule has 1 fully saturated rings. The maximum Gasteiger partial charge on any atom is 0.387 e. The lowest BCUT2D eigenvalue weighted by molar-refractivity contribution is -0.123. The van der Waals surface area contributed by atoms with Gasteiger partial charge in [-0.15, -0.1) is 0 Å². The largest absolute Gasteiger partial charge is 0.435 e. The standard InChI is InChI=1S/C21H26F2N4O3/c1-29-12-11-26-18-5-8-24-27(18)21(14-19(26)28)6-9-25(10-7-21)15-16-3-2-4-17(13-16)30-20(22)23/h2-5,8,13,20H,6-7,9-12,14-15H2,1H3. The first-order valence-electron chi connectivity index (χ1n) is 10.1. The number of hydrogen-bond acceptors (Lipinski definition) is 5. The number of anilines is 1. The van der Waals surface area contributed by atoms with Gasteiger partial charge in [0.2, 0.25) is 5.91 Å². The number of nitrogens with zero attached hydrogens (tertiary/aromatic N) is 4. The Morgan fingerprint density at radius 2 is 2.03 bits per heavy atom. The number of benzene rings is 1. The monoisotopic (exact) mass is 420 g/mol. The molecule has 1 aromatic carbocycles. The van der Waals surface area contributed by atoms with Crippen LogP contribution >= 0.6 is 0 Å². The van der Waals surface area contributed by atoms with Crippen molar-refractivity contribution in [2.45, 2.75) is 38.0 Å². The second kappa shape index (κ2) is 8.69. The highest BCUT2D eigenvalue weighted by Crippen LogP contribution is 2.41. The molecule has 30 heavy (non-hydrogen) atoms. The van der Waals surface area contributed by atoms with Gasteiger partial charge in [-0.25, -0.2) is 4.68 Å². The van der Waals surface area contributed by atoms with Crippen LogP contribution in [0.2, 0.25) is 0 Å². The minimum absolute atomic E-state index is 0.102. The predicted octanol–water partition coefficient (Wildman–Crippen LogP) is 2.86. The second-order valence-electron chi connectivity index (χ2n) is 7.84. The Bertz CT molecular complexity index is 881. The van der Waals surface area contributed by atoms with Crippen LogP contribution in [0.5, 0.6) is 5.75 Å². The molecule has 0 radical (unpaired) electrons. The third-order valence-electron chi connectivity index (χ3n) is 5.97. The van der Waals surface area contributed by atoms with E-state index in [2.05, 4.69) is 14.7 Å². The number of amides is 1. The first-order valence-corrected chi connectivity index (χ1v) is 10.1. The minimum Gasteiger partial charge on any atom is -0.435 e. The summed E-state index contributed by atoms with van der Waals surface area (Å²) in [5.41, 5.74) is 0.616. The number of carbonyl (C=O) groups excluding carboxylic acids is 1. The van der Waals surface area contributed by atoms with Crippen molar-refractivity contribution in [3.8, 4) is 5.75 Å². The van der Waals surface area contributed by atoms with E-state index in [9.17, 15) is 13.6 Å². The molecule has 0 unspecified atom stereocenters. The Morgan fingerprint density at radius 1 is 1.23 bits per heavy atom. The third-order valence-corrected chi connectivity index (χ3v) is 5.97. The Morgan fingerprint density at radius 3 is 2.77 bits per heavy atom. The predicted molar refractivity (Wildman–Crippen MR) is 107 cm³/mol. The van der Waals surface area contributed by atoms with Gasteiger partial charge in [-0.1, -0.05) is 12.1 Å². The van der Waals surface area contributed by atoms with E-state index in [1.54, 1.807) is 30.3 Å². The molecule has 2 aliphatic heterocycles. The lowest BCUT2D eigenvalue weighted by Gasteiger charge is -2.46. The molecule has 0 saturated carbocycles. The van der Waals surface area contributed by atoms with Gasteiger partial charge in [0.05, 0.1) is 31.3 Å². The Kier molecular flexibility index (Phi) is 6.01. The van der Waals surface area contributed by atoms with Crippen molar-refractivity contribution in [2.75, 3.05) is 38.3 Å². The summed E-state index contributed by atoms with van der Waals surface area (Å²) in [5, 5.41) is 4.55. The zero-order valence-electron chi connectivity index (χ0n) is 17.0. The molecule has 1 amide bonds. The molecule has 2 aromatic rings. The molecule has 2 aliphatic rings. The van der Waals surface area contributed by atoms with Gasteiger partial charge in [0.15, 0.2) is 0 Å². The molecule has 0 N–H and O–H groups in total. The Hall–Kier alpha value is -2.52. The quantitative estimate of drug-likeness (QED) is 0.690. The summed E-state index contributed by atoms with van der Waals surface area (Å²) in [5.74, 6) is 1.10. The summed E-state index contributed by atoms with van der Waals surface area (Å²) >= 11 is 0. The van der Waals surface area contributed by atoms with Crippen molar-refractivity contribution < 1.29 is 23.0 Å². The number of fused-ring (bicyclic) bond motifs is 2. The first-order chi connectivity index (χ1) is 14.5. The first kappa shape index (κ1) is 20.7. The molecule has 7 nitrogen and oxygen atoms in total. The van der Waals surface area contributed by atoms with E-state index in [0.29, 0.717) is 26.1 Å². The van der Waals surface area contributed by atoms with Gasteiger partial charge in [-0.2, -0.15) is 13.9 Å². The van der Waals surface area contributed by atoms with Crippen LogP contribution in [0.4, 0.5) is 14.6 Å². The van der Waals surface area contributed by atoms with Crippen LogP contribution in [0.3, 0.4) is 0 Å². The topological polar surface area (TPSA) is 59.8 Å². The van der Waals surface area contributed by atoms with Crippen LogP contribution in [-0.2, 0) is 21.6 Å². The molecular weight excluding hydrogens is 394 g/mol. The normalized spacial score (nSPS) is 18.8. The fourth-order valence-corrected chi connectivity index (χ4v) is 4.46. The molecule has 3 heterocycles. The molecule has 0 atom stereocenters. The van der Waals surface area contributed by atoms with Crippen molar-refractivity contribution in [1.29, 1.82) is 0 Å². The molecule has 9 heteroatoms. The third kappa shape index (κ3) is 4.17. The van der Waals surface area contributed by atoms with Crippen LogP contribution in [0.15, 0.2) is 36.5 Å². The van der Waals surface area contributed by atoms with Gasteiger partial charge in [0.1, 0.15) is 11.6 Å². The fourth-order valence-electron chi connectivity index (χ4n) is 4.46. The number of ether oxygens (including phenoxy) is 2. The Labute approximate surface area is 174 Å². The second-order valence-corrected chi connectivity index (χ2v) is 7.84. The lowest BCUT2D eigenvalue weighted by atomic mass is 9.82. The van der Waals surface area contributed by atoms with E-state index in [1.807, 2.05) is 16.8 Å². The lowest BCUT2D eigenvalue weighted by Crippen LogP contribution is -2.54. The number of rotatable bonds is 7. The maximum atomic E-state index is 12.9. The highest BCUT2D eigenvalue weighted by molar-refractivity contribution is 5.94. The molecule has 0 aliphatic carbocycles. The van der Waals surface area contributed by atoms with Crippen LogP contribution in [0.1, 0.15) is 24.8 Å². The molecule has 1 saturated heterocycles. The summed E-state index contributed by atoms with van der Waals surface area (Å²) in [6.45, 7) is 0.406. The SMILES string of the molecule is COCCN1C(=O)CC2(CCN(Cc3cccc(OC(F)F)c3)CC2)n2nccc21. The van der Waals surface area contributed by atoms with E-state index in [0.717, 1.165) is 37.3 Å². The van der Waals surface area contributed by atoms with Gasteiger partial charge < -0.3 is 9.47 Å². The average Bonchev–Trinajstić information content (AvgIpc) is 3.20. The number of aromatic nitrogens is 2. The van der Waals surface area contributed by atoms with E-state index in [4.69, 9.17) is 4.74 Å². The van der Waals surface area contributed by atoms with Crippen molar-refractivity contribution >= 4 is 11.7 Å². The van der Waals surface area contributed by atoms with Crippen LogP contribution < -0.4 is 9.64 Å². The van der Waals surface area contributed by atoms with Crippen molar-refractivity contribution in [1.82, 2.24) is 14.7 Å². The molecule has 1 spiro atoms. The van der Waals surface area contributed by atoms with E-state index >= 15 is 0 Å². The number of alkyl halides is 2. The summed E-state index contributed by atoms with van der Waals surface area (Å²) in [6.07, 6.45) is 3.78. The number of hydrogen-bond donors (Lipinski definition) is 0. The van der Waals surface area contributed by atoms with Crippen LogP contribution in [0.25, 0.3) is 0 Å². The Balaban J connectivity index is 1.43. The van der Waals surface area contributed by atoms with Crippen molar-refractivity contribution in [3.05, 3.63) is 42.1 Å². The van der Waals surface area contributed by atoms with Gasteiger partial charge in [-0.3, -0.25) is 14.6 Å². The van der Waals surface area contributed by atoms with E-state index in [1.165, 1.54) is 6.07 Å². The average molecular weight is 420 g/mol. The summed E-state index contributed by atoms with van der Waals surface area (Å²) < 4.78 is 36.6. The highest BCUT2D eigenvalue weighted by Gasteiger charge is 2.45. The van der Waals surface area contributed by atoms with Gasteiger partial charge in [0, 0.05) is 32.8 Å². The number of piperidine rings is 1. The summed E-state index contributed by atoms with van der Waals surface area (Å²) in [4.78, 5) is 16.9. The number of carbonyl (C=O) groups is 1. The van der Waals surface area contributed by atoms with Crippen molar-refractivity contribution in [2.24, 2.45) is 0 Å². The number of methoxy groups -OCH3 is 1. The van der Waals surface area contributed by atoms with Gasteiger partial charge >= 0.3 is 6.61 Å². The summed E-state index contributed by atoms with van der Waals surface area (Å²) in [6, 6.07) is 8.70. The van der Waals surface area contributed by atoms with Crippen LogP contribution in [-0.4, -0.2) is 60.6 Å². The van der Waals surface area contributed by atoms with Gasteiger partial charge in [0.25, 0.3) is 0 Å². The molecule has 4 rings (SSSR count). The van der Waals surface area contributed by atoms with Gasteiger partial charge in [-0.05, 0) is 30.5 Å². The molecule has 0 bridgehead atoms. The van der Waals surface area contributed by atoms with E-state index < -0.39 is 6.61 Å². The zero-order chi connectivity index (χ0) is 21.1. The fraction of sp³-hybridized carbons (Fsp3) is 0.524. The van der Waals surface area contributed by atoms with E-state index in [-0.39, 0.29) is 17.2 Å². The number of likely N-dealkylation sites (tertiary alicyclic amines) is 1. The maximum absolute atomic E-state index is 12.9. The summed E-state index contributed by atoms with van der Waals surface area (Å²) in [7, 11) is 1.62. The number of halogens is 2. The molecular formula is C21H26F2N4O3. The molecule has 162 valence electrons. The minimum atomic E-state index is -2.83.